The standard InChI is InChI=1S/C24H33N7O3/c1-3-5-13-31-22(26)21(23(33)27-24(31)34)30(4-2)20(32)17-28-11-6-12-29(15-14-28)19-9-7-18(16-25)8-10-19/h7-10H,3-6,11-15,17,26H2,1-2H3,(H,27,33,34). The van der Waals surface area contributed by atoms with Gasteiger partial charge in [-0.15, -0.1) is 0 Å². The van der Waals surface area contributed by atoms with Gasteiger partial charge in [0, 0.05) is 45.0 Å². The van der Waals surface area contributed by atoms with Gasteiger partial charge in [-0.25, -0.2) is 4.79 Å². The first-order chi connectivity index (χ1) is 16.4. The van der Waals surface area contributed by atoms with Crippen LogP contribution in [0.4, 0.5) is 17.2 Å². The smallest absolute Gasteiger partial charge is 0.330 e. The molecule has 1 aromatic carbocycles. The predicted octanol–water partition coefficient (Wildman–Crippen LogP) is 1.36. The Morgan fingerprint density at radius 2 is 1.88 bits per heavy atom. The number of aromatic nitrogens is 2. The Bertz CT molecular complexity index is 1150. The van der Waals surface area contributed by atoms with Crippen LogP contribution in [-0.2, 0) is 11.3 Å². The summed E-state index contributed by atoms with van der Waals surface area (Å²) in [6.07, 6.45) is 2.48. The number of hydrogen-bond donors (Lipinski definition) is 2. The number of nitrogens with two attached hydrogens (primary N) is 1. The number of aromatic amines is 1. The van der Waals surface area contributed by atoms with Gasteiger partial charge in [-0.05, 0) is 44.0 Å². The molecule has 1 fully saturated rings. The predicted molar refractivity (Wildman–Crippen MR) is 133 cm³/mol. The number of nitrogens with one attached hydrogen (secondary N) is 1. The van der Waals surface area contributed by atoms with Crippen LogP contribution in [-0.4, -0.2) is 59.6 Å². The van der Waals surface area contributed by atoms with Crippen molar-refractivity contribution in [2.45, 2.75) is 39.7 Å². The molecule has 10 heteroatoms. The monoisotopic (exact) mass is 467 g/mol. The Kier molecular flexibility index (Phi) is 8.49. The molecule has 1 amide bonds. The number of likely N-dealkylation sites (N-methyl/N-ethyl adjacent to an activating group) is 1. The summed E-state index contributed by atoms with van der Waals surface area (Å²) >= 11 is 0. The maximum atomic E-state index is 13.2. The van der Waals surface area contributed by atoms with Gasteiger partial charge in [0.25, 0.3) is 5.56 Å². The van der Waals surface area contributed by atoms with Gasteiger partial charge >= 0.3 is 5.69 Å². The van der Waals surface area contributed by atoms with Gasteiger partial charge in [-0.3, -0.25) is 24.0 Å². The van der Waals surface area contributed by atoms with E-state index in [2.05, 4.69) is 20.9 Å². The average molecular weight is 468 g/mol. The molecule has 0 saturated carbocycles. The number of benzene rings is 1. The lowest BCUT2D eigenvalue weighted by Gasteiger charge is -2.27. The number of carbonyl (C=O) groups excluding carboxylic acids is 1. The Balaban J connectivity index is 1.72. The summed E-state index contributed by atoms with van der Waals surface area (Å²) in [6.45, 7) is 7.62. The molecule has 0 aliphatic carbocycles. The first-order valence-corrected chi connectivity index (χ1v) is 11.8. The van der Waals surface area contributed by atoms with E-state index in [1.807, 2.05) is 31.2 Å². The van der Waals surface area contributed by atoms with Crippen LogP contribution in [0, 0.1) is 11.3 Å². The molecular weight excluding hydrogens is 434 g/mol. The fourth-order valence-electron chi connectivity index (χ4n) is 4.25. The number of carbonyl (C=O) groups is 1. The minimum Gasteiger partial charge on any atom is -0.383 e. The van der Waals surface area contributed by atoms with Crippen LogP contribution in [0.3, 0.4) is 0 Å². The zero-order valence-corrected chi connectivity index (χ0v) is 19.9. The maximum Gasteiger partial charge on any atom is 0.330 e. The second-order valence-electron chi connectivity index (χ2n) is 8.41. The maximum absolute atomic E-state index is 13.2. The summed E-state index contributed by atoms with van der Waals surface area (Å²) in [7, 11) is 0. The van der Waals surface area contributed by atoms with E-state index in [-0.39, 0.29) is 30.5 Å². The summed E-state index contributed by atoms with van der Waals surface area (Å²) < 4.78 is 1.33. The van der Waals surface area contributed by atoms with E-state index in [1.54, 1.807) is 6.92 Å². The molecule has 10 nitrogen and oxygen atoms in total. The molecule has 0 radical (unpaired) electrons. The zero-order chi connectivity index (χ0) is 24.7. The SMILES string of the molecule is CCCCn1c(N)c(N(CC)C(=O)CN2CCCN(c3ccc(C#N)cc3)CC2)c(=O)[nH]c1=O. The molecule has 0 unspecified atom stereocenters. The molecule has 1 aliphatic heterocycles. The fourth-order valence-corrected chi connectivity index (χ4v) is 4.25. The topological polar surface area (TPSA) is 131 Å². The molecule has 1 aromatic heterocycles. The van der Waals surface area contributed by atoms with Crippen LogP contribution < -0.4 is 26.8 Å². The first-order valence-electron chi connectivity index (χ1n) is 11.8. The normalized spacial score (nSPS) is 14.4. The van der Waals surface area contributed by atoms with Crippen LogP contribution >= 0.6 is 0 Å². The number of nitrogen functional groups attached to an aromatic ring is 1. The molecule has 3 N–H and O–H groups in total. The average Bonchev–Trinajstić information content (AvgIpc) is 3.07. The van der Waals surface area contributed by atoms with Crippen molar-refractivity contribution in [1.29, 1.82) is 5.26 Å². The number of nitrogens with zero attached hydrogens (tertiary/aromatic N) is 5. The van der Waals surface area contributed by atoms with E-state index in [0.717, 1.165) is 44.6 Å². The van der Waals surface area contributed by atoms with E-state index in [9.17, 15) is 14.4 Å². The number of H-pyrrole nitrogens is 1. The van der Waals surface area contributed by atoms with Gasteiger partial charge in [-0.2, -0.15) is 5.26 Å². The van der Waals surface area contributed by atoms with E-state index in [4.69, 9.17) is 11.0 Å². The lowest BCUT2D eigenvalue weighted by atomic mass is 10.2. The summed E-state index contributed by atoms with van der Waals surface area (Å²) in [5, 5.41) is 9.00. The third kappa shape index (κ3) is 5.66. The number of unbranched alkanes of at least 4 members (excludes halogenated alkanes) is 1. The molecular formula is C24H33N7O3. The molecule has 0 bridgehead atoms. The largest absolute Gasteiger partial charge is 0.383 e. The van der Waals surface area contributed by atoms with Crippen molar-refractivity contribution in [3.8, 4) is 6.07 Å². The molecule has 1 saturated heterocycles. The van der Waals surface area contributed by atoms with Crippen LogP contribution in [0.15, 0.2) is 33.9 Å². The third-order valence-corrected chi connectivity index (χ3v) is 6.15. The molecule has 0 spiro atoms. The fraction of sp³-hybridized carbons (Fsp3) is 0.500. The van der Waals surface area contributed by atoms with Crippen LogP contribution in [0.2, 0.25) is 0 Å². The van der Waals surface area contributed by atoms with Crippen LogP contribution in [0.5, 0.6) is 0 Å². The zero-order valence-electron chi connectivity index (χ0n) is 19.9. The van der Waals surface area contributed by atoms with Gasteiger partial charge in [0.2, 0.25) is 5.91 Å². The van der Waals surface area contributed by atoms with Crippen molar-refractivity contribution < 1.29 is 4.79 Å². The van der Waals surface area contributed by atoms with Crippen molar-refractivity contribution in [1.82, 2.24) is 14.5 Å². The Morgan fingerprint density at radius 1 is 1.15 bits per heavy atom. The highest BCUT2D eigenvalue weighted by Crippen LogP contribution is 2.19. The van der Waals surface area contributed by atoms with E-state index < -0.39 is 11.2 Å². The van der Waals surface area contributed by atoms with Gasteiger partial charge in [-0.1, -0.05) is 13.3 Å². The van der Waals surface area contributed by atoms with Crippen molar-refractivity contribution in [3.63, 3.8) is 0 Å². The van der Waals surface area contributed by atoms with Crippen molar-refractivity contribution >= 4 is 23.1 Å². The highest BCUT2D eigenvalue weighted by Gasteiger charge is 2.25. The number of amides is 1. The van der Waals surface area contributed by atoms with E-state index in [0.29, 0.717) is 18.7 Å². The number of hydrogen-bond acceptors (Lipinski definition) is 7. The summed E-state index contributed by atoms with van der Waals surface area (Å²) in [6, 6.07) is 9.64. The Labute approximate surface area is 199 Å². The lowest BCUT2D eigenvalue weighted by Crippen LogP contribution is -2.45. The van der Waals surface area contributed by atoms with Crippen molar-refractivity contribution in [2.75, 3.05) is 54.8 Å². The van der Waals surface area contributed by atoms with Gasteiger partial charge in [0.15, 0.2) is 5.69 Å². The number of anilines is 3. The summed E-state index contributed by atoms with van der Waals surface area (Å²) in [4.78, 5) is 46.1. The number of rotatable bonds is 8. The van der Waals surface area contributed by atoms with Crippen molar-refractivity contribution in [3.05, 3.63) is 50.7 Å². The molecule has 1 aliphatic rings. The van der Waals surface area contributed by atoms with Crippen molar-refractivity contribution in [2.24, 2.45) is 0 Å². The molecule has 2 aromatic rings. The molecule has 0 atom stereocenters. The van der Waals surface area contributed by atoms with E-state index in [1.165, 1.54) is 9.47 Å². The molecule has 182 valence electrons. The Morgan fingerprint density at radius 3 is 2.53 bits per heavy atom. The number of nitriles is 1. The summed E-state index contributed by atoms with van der Waals surface area (Å²) in [5.74, 6) is -0.201. The highest BCUT2D eigenvalue weighted by molar-refractivity contribution is 5.96. The van der Waals surface area contributed by atoms with Gasteiger partial charge in [0.1, 0.15) is 5.82 Å². The van der Waals surface area contributed by atoms with Crippen LogP contribution in [0.1, 0.15) is 38.7 Å². The molecule has 2 heterocycles. The molecule has 3 rings (SSSR count). The lowest BCUT2D eigenvalue weighted by molar-refractivity contribution is -0.119. The third-order valence-electron chi connectivity index (χ3n) is 6.15. The Hall–Kier alpha value is -3.58. The van der Waals surface area contributed by atoms with Crippen LogP contribution in [0.25, 0.3) is 0 Å². The minimum atomic E-state index is -0.645. The van der Waals surface area contributed by atoms with Gasteiger partial charge < -0.3 is 15.5 Å². The van der Waals surface area contributed by atoms with Gasteiger partial charge in [0.05, 0.1) is 18.2 Å². The quantitative estimate of drug-likeness (QED) is 0.599. The van der Waals surface area contributed by atoms with E-state index >= 15 is 0 Å². The molecule has 34 heavy (non-hydrogen) atoms. The first kappa shape index (κ1) is 25.1. The second-order valence-corrected chi connectivity index (χ2v) is 8.41. The summed E-state index contributed by atoms with van der Waals surface area (Å²) in [5.41, 5.74) is 6.72. The highest BCUT2D eigenvalue weighted by atomic mass is 16.2. The second kappa shape index (κ2) is 11.5. The minimum absolute atomic E-state index is 0.0280.